The minimum Gasteiger partial charge on any atom is -0.462 e. The molecular formula is C35H57N2O7+. The summed E-state index contributed by atoms with van der Waals surface area (Å²) in [5, 5.41) is 21.3. The lowest BCUT2D eigenvalue weighted by molar-refractivity contribution is -0.704. The highest BCUT2D eigenvalue weighted by Gasteiger charge is 2.70. The van der Waals surface area contributed by atoms with Gasteiger partial charge in [-0.2, -0.15) is 0 Å². The second-order valence-corrected chi connectivity index (χ2v) is 15.3. The molecule has 44 heavy (non-hydrogen) atoms. The normalized spacial score (nSPS) is 45.7. The van der Waals surface area contributed by atoms with Gasteiger partial charge in [0.25, 0.3) is 0 Å². The van der Waals surface area contributed by atoms with Crippen molar-refractivity contribution in [2.24, 2.45) is 47.2 Å². The van der Waals surface area contributed by atoms with Crippen LogP contribution in [0.1, 0.15) is 104 Å². The number of allylic oxidation sites excluding steroid dienone is 1. The maximum atomic E-state index is 13.8. The average Bonchev–Trinajstić information content (AvgIpc) is 3.38. The molecule has 6 aliphatic rings. The van der Waals surface area contributed by atoms with Crippen LogP contribution in [0.4, 0.5) is 0 Å². The Labute approximate surface area is 263 Å². The van der Waals surface area contributed by atoms with Crippen molar-refractivity contribution in [1.82, 2.24) is 0 Å². The number of aliphatic hydroxyl groups is 2. The number of nitrogens with two attached hydrogens (primary N) is 2. The van der Waals surface area contributed by atoms with E-state index in [4.69, 9.17) is 19.9 Å². The molecule has 6 fully saturated rings. The quantitative estimate of drug-likeness (QED) is 0.240. The number of esters is 2. The van der Waals surface area contributed by atoms with Crippen LogP contribution in [0.3, 0.4) is 0 Å². The van der Waals surface area contributed by atoms with E-state index in [1.165, 1.54) is 19.3 Å². The van der Waals surface area contributed by atoms with E-state index in [-0.39, 0.29) is 61.8 Å². The molecule has 3 saturated carbocycles. The van der Waals surface area contributed by atoms with Gasteiger partial charge in [0.1, 0.15) is 23.5 Å². The van der Waals surface area contributed by atoms with Crippen molar-refractivity contribution in [1.29, 1.82) is 0 Å². The molecule has 6 N–H and O–H groups in total. The summed E-state index contributed by atoms with van der Waals surface area (Å²) in [6.45, 7) is 4.96. The third kappa shape index (κ3) is 5.89. The van der Waals surface area contributed by atoms with Crippen LogP contribution >= 0.6 is 0 Å². The third-order valence-corrected chi connectivity index (χ3v) is 12.9. The third-order valence-electron chi connectivity index (χ3n) is 12.9. The van der Waals surface area contributed by atoms with E-state index >= 15 is 0 Å². The SMILES string of the molecule is CC=C(CCO)C(=O)OC1(C)CC2CCCCC2C(C2CCC(N)[NH2+]C2)C12CC1CC3CC(CCCO)C(=O)OC3CC1O2. The number of rotatable bonds is 8. The standard InChI is InChI=1S/C35H56N2O7/c1-3-21(12-14-39)33(41)44-34(2)18-23-7-4-5-9-27(23)31(24-10-11-30(36)37-20-24)35(34)19-26-16-25-15-22(8-6-13-38)32(40)42-28(25)17-29(26)43-35/h3,22-31,37-39H,4-20,36H2,1-2H3/p+1. The summed E-state index contributed by atoms with van der Waals surface area (Å²) < 4.78 is 20.3. The highest BCUT2D eigenvalue weighted by Crippen LogP contribution is 2.64. The molecule has 3 aliphatic carbocycles. The molecule has 3 saturated heterocycles. The van der Waals surface area contributed by atoms with Crippen LogP contribution in [0.5, 0.6) is 0 Å². The number of quaternary nitrogens is 1. The van der Waals surface area contributed by atoms with Crippen LogP contribution < -0.4 is 11.1 Å². The number of piperidine rings is 1. The summed E-state index contributed by atoms with van der Waals surface area (Å²) in [6.07, 6.45) is 14.3. The van der Waals surface area contributed by atoms with E-state index in [1.54, 1.807) is 6.08 Å². The highest BCUT2D eigenvalue weighted by atomic mass is 16.6. The number of fused-ring (bicyclic) bond motifs is 3. The molecule has 3 heterocycles. The number of hydrogen-bond donors (Lipinski definition) is 4. The van der Waals surface area contributed by atoms with Crippen LogP contribution in [-0.2, 0) is 23.8 Å². The zero-order valence-electron chi connectivity index (χ0n) is 27.0. The number of carbonyl (C=O) groups excluding carboxylic acids is 2. The second-order valence-electron chi connectivity index (χ2n) is 15.3. The van der Waals surface area contributed by atoms with Gasteiger partial charge >= 0.3 is 11.9 Å². The molecule has 0 radical (unpaired) electrons. The lowest BCUT2D eigenvalue weighted by Gasteiger charge is -2.61. The van der Waals surface area contributed by atoms with Gasteiger partial charge in [-0.3, -0.25) is 10.5 Å². The summed E-state index contributed by atoms with van der Waals surface area (Å²) in [5.74, 6) is 1.74. The van der Waals surface area contributed by atoms with Gasteiger partial charge in [-0.25, -0.2) is 4.79 Å². The molecule has 12 unspecified atom stereocenters. The van der Waals surface area contributed by atoms with Gasteiger partial charge in [-0.15, -0.1) is 0 Å². The smallest absolute Gasteiger partial charge is 0.334 e. The van der Waals surface area contributed by atoms with E-state index in [9.17, 15) is 19.8 Å². The molecule has 6 rings (SSSR count). The first kappa shape index (κ1) is 32.4. The Balaban J connectivity index is 1.35. The van der Waals surface area contributed by atoms with E-state index in [2.05, 4.69) is 12.2 Å². The van der Waals surface area contributed by atoms with Gasteiger partial charge in [-0.1, -0.05) is 25.3 Å². The van der Waals surface area contributed by atoms with Crippen molar-refractivity contribution in [3.8, 4) is 0 Å². The Bertz CT molecular complexity index is 1080. The fourth-order valence-corrected chi connectivity index (χ4v) is 10.9. The van der Waals surface area contributed by atoms with Crippen molar-refractivity contribution in [3.05, 3.63) is 11.6 Å². The maximum Gasteiger partial charge on any atom is 0.334 e. The van der Waals surface area contributed by atoms with Crippen molar-refractivity contribution >= 4 is 11.9 Å². The van der Waals surface area contributed by atoms with E-state index in [0.717, 1.165) is 51.5 Å². The summed E-state index contributed by atoms with van der Waals surface area (Å²) in [5.41, 5.74) is 5.47. The monoisotopic (exact) mass is 617 g/mol. The Kier molecular flexibility index (Phi) is 9.80. The van der Waals surface area contributed by atoms with Gasteiger partial charge in [0, 0.05) is 49.9 Å². The predicted octanol–water partition coefficient (Wildman–Crippen LogP) is 2.96. The summed E-state index contributed by atoms with van der Waals surface area (Å²) in [4.78, 5) is 26.7. The van der Waals surface area contributed by atoms with Gasteiger partial charge in [-0.05, 0) is 88.9 Å². The second kappa shape index (κ2) is 13.3. The molecule has 1 spiro atoms. The first-order valence-corrected chi connectivity index (χ1v) is 17.8. The lowest BCUT2D eigenvalue weighted by Crippen LogP contribution is -2.96. The number of ether oxygens (including phenoxy) is 3. The molecule has 0 aromatic carbocycles. The van der Waals surface area contributed by atoms with Crippen molar-refractivity contribution in [2.45, 2.75) is 133 Å². The fourth-order valence-electron chi connectivity index (χ4n) is 10.9. The summed E-state index contributed by atoms with van der Waals surface area (Å²) in [6, 6.07) is 0. The van der Waals surface area contributed by atoms with Crippen LogP contribution in [-0.4, -0.2) is 71.5 Å². The van der Waals surface area contributed by atoms with Crippen LogP contribution in [0, 0.1) is 41.4 Å². The zero-order chi connectivity index (χ0) is 31.1. The molecule has 0 aromatic heterocycles. The molecule has 0 amide bonds. The number of hydrogen-bond acceptors (Lipinski definition) is 8. The molecule has 3 aliphatic heterocycles. The first-order chi connectivity index (χ1) is 21.2. The van der Waals surface area contributed by atoms with Gasteiger partial charge in [0.15, 0.2) is 0 Å². The average molecular weight is 618 g/mol. The van der Waals surface area contributed by atoms with Crippen molar-refractivity contribution < 1.29 is 39.3 Å². The zero-order valence-corrected chi connectivity index (χ0v) is 27.0. The minimum absolute atomic E-state index is 0.0350. The molecule has 9 nitrogen and oxygen atoms in total. The Morgan fingerprint density at radius 2 is 1.84 bits per heavy atom. The van der Waals surface area contributed by atoms with Crippen LogP contribution in [0.15, 0.2) is 11.6 Å². The minimum atomic E-state index is -0.806. The predicted molar refractivity (Wildman–Crippen MR) is 164 cm³/mol. The van der Waals surface area contributed by atoms with Crippen LogP contribution in [0.25, 0.3) is 0 Å². The largest absolute Gasteiger partial charge is 0.462 e. The van der Waals surface area contributed by atoms with E-state index in [0.29, 0.717) is 54.4 Å². The van der Waals surface area contributed by atoms with Crippen molar-refractivity contribution in [2.75, 3.05) is 19.8 Å². The summed E-state index contributed by atoms with van der Waals surface area (Å²) >= 11 is 0. The topological polar surface area (TPSA) is 145 Å². The fraction of sp³-hybridized carbons (Fsp3) is 0.886. The van der Waals surface area contributed by atoms with E-state index in [1.807, 2.05) is 6.92 Å². The number of carbonyl (C=O) groups is 2. The van der Waals surface area contributed by atoms with Crippen molar-refractivity contribution in [3.63, 3.8) is 0 Å². The Hall–Kier alpha value is -1.52. The first-order valence-electron chi connectivity index (χ1n) is 17.8. The molecule has 0 bridgehead atoms. The molecule has 12 atom stereocenters. The molecule has 0 aromatic rings. The lowest BCUT2D eigenvalue weighted by atomic mass is 9.49. The van der Waals surface area contributed by atoms with Crippen LogP contribution in [0.2, 0.25) is 0 Å². The van der Waals surface area contributed by atoms with Gasteiger partial charge in [0.05, 0.1) is 18.6 Å². The van der Waals surface area contributed by atoms with Gasteiger partial charge in [0.2, 0.25) is 0 Å². The number of aliphatic hydroxyl groups excluding tert-OH is 2. The summed E-state index contributed by atoms with van der Waals surface area (Å²) in [7, 11) is 0. The Morgan fingerprint density at radius 3 is 2.57 bits per heavy atom. The molecule has 9 heteroatoms. The molecule has 248 valence electrons. The van der Waals surface area contributed by atoms with Gasteiger partial charge < -0.3 is 29.7 Å². The van der Waals surface area contributed by atoms with E-state index < -0.39 is 11.2 Å². The Morgan fingerprint density at radius 1 is 1.02 bits per heavy atom. The molecular weight excluding hydrogens is 560 g/mol. The maximum absolute atomic E-state index is 13.8. The highest BCUT2D eigenvalue weighted by molar-refractivity contribution is 5.88.